The zero-order valence-corrected chi connectivity index (χ0v) is 24.4. The summed E-state index contributed by atoms with van der Waals surface area (Å²) in [7, 11) is 0. The average Bonchev–Trinajstić information content (AvgIpc) is 3.70. The lowest BCUT2D eigenvalue weighted by Crippen LogP contribution is -2.00. The van der Waals surface area contributed by atoms with Crippen LogP contribution in [-0.2, 0) is 0 Å². The molecule has 0 aliphatic heterocycles. The minimum absolute atomic E-state index is 0.549. The molecule has 0 unspecified atom stereocenters. The molecule has 0 saturated carbocycles. The van der Waals surface area contributed by atoms with Gasteiger partial charge in [-0.05, 0) is 40.4 Å². The van der Waals surface area contributed by atoms with Crippen LogP contribution in [-0.4, -0.2) is 15.0 Å². The second kappa shape index (κ2) is 9.58. The van der Waals surface area contributed by atoms with Gasteiger partial charge in [-0.1, -0.05) is 115 Å². The van der Waals surface area contributed by atoms with Gasteiger partial charge in [-0.25, -0.2) is 15.0 Å². The molecule has 10 rings (SSSR count). The van der Waals surface area contributed by atoms with E-state index in [0.29, 0.717) is 17.5 Å². The van der Waals surface area contributed by atoms with Crippen molar-refractivity contribution in [1.29, 1.82) is 0 Å². The van der Waals surface area contributed by atoms with Crippen LogP contribution in [0.2, 0.25) is 0 Å². The Morgan fingerprint density at radius 1 is 0.370 bits per heavy atom. The van der Waals surface area contributed by atoms with Crippen LogP contribution in [0.1, 0.15) is 0 Å². The van der Waals surface area contributed by atoms with Gasteiger partial charge in [-0.3, -0.25) is 0 Å². The molecule has 3 aromatic heterocycles. The number of benzene rings is 7. The molecule has 5 nitrogen and oxygen atoms in total. The van der Waals surface area contributed by atoms with Crippen molar-refractivity contribution in [2.45, 2.75) is 0 Å². The van der Waals surface area contributed by atoms with Gasteiger partial charge in [0.05, 0.1) is 5.56 Å². The van der Waals surface area contributed by atoms with Crippen LogP contribution < -0.4 is 0 Å². The Labute approximate surface area is 262 Å². The Morgan fingerprint density at radius 3 is 1.83 bits per heavy atom. The highest BCUT2D eigenvalue weighted by atomic mass is 16.3. The lowest BCUT2D eigenvalue weighted by molar-refractivity contribution is 0.669. The zero-order valence-electron chi connectivity index (χ0n) is 24.4. The van der Waals surface area contributed by atoms with Crippen LogP contribution in [0.4, 0.5) is 0 Å². The van der Waals surface area contributed by atoms with E-state index in [1.165, 1.54) is 0 Å². The molecule has 0 saturated heterocycles. The van der Waals surface area contributed by atoms with Gasteiger partial charge in [0.15, 0.2) is 17.5 Å². The molecule has 0 spiro atoms. The minimum Gasteiger partial charge on any atom is -0.455 e. The maximum atomic E-state index is 6.67. The van der Waals surface area contributed by atoms with E-state index in [1.807, 2.05) is 78.9 Å². The van der Waals surface area contributed by atoms with E-state index in [2.05, 4.69) is 60.7 Å². The fourth-order valence-corrected chi connectivity index (χ4v) is 6.81. The lowest BCUT2D eigenvalue weighted by atomic mass is 9.95. The molecular formula is C41H23N3O2. The lowest BCUT2D eigenvalue weighted by Gasteiger charge is -2.12. The molecule has 10 aromatic rings. The van der Waals surface area contributed by atoms with Gasteiger partial charge in [0, 0.05) is 38.1 Å². The number of nitrogens with zero attached hydrogens (tertiary/aromatic N) is 3. The first-order chi connectivity index (χ1) is 22.8. The highest BCUT2D eigenvalue weighted by Gasteiger charge is 2.22. The molecule has 3 heterocycles. The summed E-state index contributed by atoms with van der Waals surface area (Å²) < 4.78 is 13.1. The standard InChI is InChI=1S/C41H23N3O2/c1-2-12-25(13-3-1)39-42-40(31-18-10-17-29-28-15-6-8-19-33(28)45-37(29)31)44-41(43-39)32-23-26-22-21-24-11-4-5-14-27(24)35(26)38-36(32)30-16-7-9-20-34(30)46-38/h1-23H. The maximum absolute atomic E-state index is 6.67. The first-order valence-corrected chi connectivity index (χ1v) is 15.3. The first kappa shape index (κ1) is 25.0. The van der Waals surface area contributed by atoms with E-state index in [9.17, 15) is 0 Å². The van der Waals surface area contributed by atoms with Gasteiger partial charge < -0.3 is 8.83 Å². The van der Waals surface area contributed by atoms with Gasteiger partial charge in [0.1, 0.15) is 22.3 Å². The molecule has 0 atom stereocenters. The van der Waals surface area contributed by atoms with Gasteiger partial charge in [-0.15, -0.1) is 0 Å². The van der Waals surface area contributed by atoms with Crippen molar-refractivity contribution >= 4 is 65.4 Å². The SMILES string of the molecule is c1ccc(-c2nc(-c3cccc4c3oc3ccccc34)nc(-c3cc4ccc5ccccc5c4c4oc5ccccc5c34)n2)cc1. The van der Waals surface area contributed by atoms with Crippen molar-refractivity contribution in [2.75, 3.05) is 0 Å². The quantitative estimate of drug-likeness (QED) is 0.192. The Morgan fingerprint density at radius 2 is 0.978 bits per heavy atom. The Hall–Kier alpha value is -6.33. The number of rotatable bonds is 3. The topological polar surface area (TPSA) is 65.0 Å². The van der Waals surface area contributed by atoms with Crippen LogP contribution in [0.5, 0.6) is 0 Å². The third-order valence-electron chi connectivity index (χ3n) is 8.91. The fourth-order valence-electron chi connectivity index (χ4n) is 6.81. The molecule has 0 N–H and O–H groups in total. The van der Waals surface area contributed by atoms with E-state index in [4.69, 9.17) is 23.8 Å². The molecule has 0 radical (unpaired) electrons. The molecule has 214 valence electrons. The second-order valence-electron chi connectivity index (χ2n) is 11.6. The third kappa shape index (κ3) is 3.66. The van der Waals surface area contributed by atoms with Crippen LogP contribution >= 0.6 is 0 Å². The largest absolute Gasteiger partial charge is 0.455 e. The molecule has 0 aliphatic carbocycles. The monoisotopic (exact) mass is 589 g/mol. The Bertz CT molecular complexity index is 2810. The van der Waals surface area contributed by atoms with E-state index in [-0.39, 0.29) is 0 Å². The van der Waals surface area contributed by atoms with Gasteiger partial charge in [-0.2, -0.15) is 0 Å². The predicted octanol–water partition coefficient (Wildman–Crippen LogP) is 11.0. The summed E-state index contributed by atoms with van der Waals surface area (Å²) in [6.07, 6.45) is 0. The number of aromatic nitrogens is 3. The van der Waals surface area contributed by atoms with Gasteiger partial charge >= 0.3 is 0 Å². The number of furan rings is 2. The van der Waals surface area contributed by atoms with E-state index >= 15 is 0 Å². The third-order valence-corrected chi connectivity index (χ3v) is 8.91. The highest BCUT2D eigenvalue weighted by Crippen LogP contribution is 2.43. The minimum atomic E-state index is 0.549. The normalized spacial score (nSPS) is 11.9. The van der Waals surface area contributed by atoms with Crippen LogP contribution in [0.25, 0.3) is 99.6 Å². The number of hydrogen-bond acceptors (Lipinski definition) is 5. The van der Waals surface area contributed by atoms with Crippen LogP contribution in [0.3, 0.4) is 0 Å². The summed E-state index contributed by atoms with van der Waals surface area (Å²) in [6, 6.07) is 47.4. The van der Waals surface area contributed by atoms with Crippen molar-refractivity contribution in [2.24, 2.45) is 0 Å². The molecule has 0 aliphatic rings. The second-order valence-corrected chi connectivity index (χ2v) is 11.6. The van der Waals surface area contributed by atoms with Crippen LogP contribution in [0.15, 0.2) is 148 Å². The Kier molecular flexibility index (Phi) is 5.22. The van der Waals surface area contributed by atoms with Crippen LogP contribution in [0, 0.1) is 0 Å². The molecular weight excluding hydrogens is 566 g/mol. The predicted molar refractivity (Wildman–Crippen MR) is 186 cm³/mol. The summed E-state index contributed by atoms with van der Waals surface area (Å²) >= 11 is 0. The maximum Gasteiger partial charge on any atom is 0.167 e. The summed E-state index contributed by atoms with van der Waals surface area (Å²) in [5, 5.41) is 8.54. The molecule has 0 amide bonds. The molecule has 7 aromatic carbocycles. The summed E-state index contributed by atoms with van der Waals surface area (Å²) in [4.78, 5) is 15.4. The van der Waals surface area contributed by atoms with Crippen molar-refractivity contribution in [3.8, 4) is 34.2 Å². The van der Waals surface area contributed by atoms with Crippen molar-refractivity contribution < 1.29 is 8.83 Å². The van der Waals surface area contributed by atoms with Crippen molar-refractivity contribution in [3.05, 3.63) is 140 Å². The van der Waals surface area contributed by atoms with Gasteiger partial charge in [0.25, 0.3) is 0 Å². The van der Waals surface area contributed by atoms with E-state index in [1.54, 1.807) is 0 Å². The molecule has 0 bridgehead atoms. The van der Waals surface area contributed by atoms with Gasteiger partial charge in [0.2, 0.25) is 0 Å². The zero-order chi connectivity index (χ0) is 30.2. The summed E-state index contributed by atoms with van der Waals surface area (Å²) in [6.45, 7) is 0. The fraction of sp³-hybridized carbons (Fsp3) is 0. The summed E-state index contributed by atoms with van der Waals surface area (Å²) in [5.74, 6) is 1.71. The Balaban J connectivity index is 1.33. The molecule has 0 fully saturated rings. The smallest absolute Gasteiger partial charge is 0.167 e. The first-order valence-electron chi connectivity index (χ1n) is 15.3. The number of hydrogen-bond donors (Lipinski definition) is 0. The number of fused-ring (bicyclic) bond motifs is 10. The van der Waals surface area contributed by atoms with E-state index < -0.39 is 0 Å². The number of para-hydroxylation sites is 3. The van der Waals surface area contributed by atoms with E-state index in [0.717, 1.165) is 82.1 Å². The highest BCUT2D eigenvalue weighted by molar-refractivity contribution is 6.26. The average molecular weight is 590 g/mol. The molecule has 46 heavy (non-hydrogen) atoms. The van der Waals surface area contributed by atoms with Crippen molar-refractivity contribution in [1.82, 2.24) is 15.0 Å². The summed E-state index contributed by atoms with van der Waals surface area (Å²) in [5.41, 5.74) is 5.84. The van der Waals surface area contributed by atoms with Crippen molar-refractivity contribution in [3.63, 3.8) is 0 Å². The molecule has 5 heteroatoms.